The number of halogens is 1. The highest BCUT2D eigenvalue weighted by Gasteiger charge is 2.55. The molecule has 1 spiro atoms. The zero-order valence-electron chi connectivity index (χ0n) is 14.3. The van der Waals surface area contributed by atoms with Crippen LogP contribution < -0.4 is 0 Å². The molecular formula is C18H22FN3O4. The monoisotopic (exact) mass is 363 g/mol. The van der Waals surface area contributed by atoms with Gasteiger partial charge in [0.05, 0.1) is 23.2 Å². The molecule has 1 saturated heterocycles. The minimum Gasteiger partial charge on any atom is -0.392 e. The number of imidazole rings is 1. The first-order valence-electron chi connectivity index (χ1n) is 8.84. The second-order valence-electron chi connectivity index (χ2n) is 7.22. The third kappa shape index (κ3) is 2.98. The number of hydrogen-bond acceptors (Lipinski definition) is 5. The number of amides is 1. The van der Waals surface area contributed by atoms with E-state index in [1.54, 1.807) is 11.0 Å². The number of aliphatic hydroxyl groups is 2. The van der Waals surface area contributed by atoms with Gasteiger partial charge in [0.2, 0.25) is 5.91 Å². The predicted octanol–water partition coefficient (Wildman–Crippen LogP) is 0.953. The highest BCUT2D eigenvalue weighted by molar-refractivity contribution is 5.77. The first-order chi connectivity index (χ1) is 12.5. The molecule has 2 aromatic rings. The fourth-order valence-corrected chi connectivity index (χ4v) is 4.01. The molecule has 1 aliphatic heterocycles. The fourth-order valence-electron chi connectivity index (χ4n) is 4.01. The van der Waals surface area contributed by atoms with E-state index in [1.807, 2.05) is 0 Å². The maximum Gasteiger partial charge on any atom is 0.248 e. The van der Waals surface area contributed by atoms with Gasteiger partial charge in [-0.2, -0.15) is 0 Å². The Morgan fingerprint density at radius 3 is 2.77 bits per heavy atom. The van der Waals surface area contributed by atoms with Crippen molar-refractivity contribution in [1.29, 1.82) is 0 Å². The number of hydrogen-bond donors (Lipinski definition) is 3. The van der Waals surface area contributed by atoms with Crippen molar-refractivity contribution in [3.05, 3.63) is 29.8 Å². The molecule has 1 aromatic carbocycles. The summed E-state index contributed by atoms with van der Waals surface area (Å²) in [4.78, 5) is 21.2. The Morgan fingerprint density at radius 2 is 2.08 bits per heavy atom. The van der Waals surface area contributed by atoms with Gasteiger partial charge in [0, 0.05) is 24.9 Å². The molecule has 7 nitrogen and oxygen atoms in total. The van der Waals surface area contributed by atoms with Crippen LogP contribution in [0.25, 0.3) is 11.0 Å². The number of H-pyrrole nitrogens is 1. The zero-order valence-corrected chi connectivity index (χ0v) is 14.3. The maximum atomic E-state index is 13.2. The van der Waals surface area contributed by atoms with Gasteiger partial charge >= 0.3 is 0 Å². The number of nitrogens with zero attached hydrogens (tertiary/aromatic N) is 2. The lowest BCUT2D eigenvalue weighted by Gasteiger charge is -2.54. The molecule has 1 aliphatic carbocycles. The Hall–Kier alpha value is -2.03. The summed E-state index contributed by atoms with van der Waals surface area (Å²) >= 11 is 0. The van der Waals surface area contributed by atoms with Crippen molar-refractivity contribution < 1.29 is 24.1 Å². The molecule has 3 N–H and O–H groups in total. The minimum atomic E-state index is -0.469. The number of fused-ring (bicyclic) bond motifs is 1. The second-order valence-corrected chi connectivity index (χ2v) is 7.22. The minimum absolute atomic E-state index is 0.0660. The van der Waals surface area contributed by atoms with E-state index < -0.39 is 17.6 Å². The molecule has 1 amide bonds. The van der Waals surface area contributed by atoms with Crippen LogP contribution in [0.2, 0.25) is 0 Å². The van der Waals surface area contributed by atoms with E-state index in [1.165, 1.54) is 12.1 Å². The number of benzene rings is 1. The molecule has 0 bridgehead atoms. The summed E-state index contributed by atoms with van der Waals surface area (Å²) in [5.74, 6) is 0.0791. The van der Waals surface area contributed by atoms with Gasteiger partial charge < -0.3 is 24.8 Å². The van der Waals surface area contributed by atoms with Crippen LogP contribution in [0, 0.1) is 11.2 Å². The fraction of sp³-hybridized carbons (Fsp3) is 0.556. The summed E-state index contributed by atoms with van der Waals surface area (Å²) in [6.45, 7) is 1.10. The van der Waals surface area contributed by atoms with Crippen LogP contribution >= 0.6 is 0 Å². The number of nitrogens with one attached hydrogen (secondary N) is 1. The molecule has 2 atom stereocenters. The van der Waals surface area contributed by atoms with Crippen molar-refractivity contribution in [1.82, 2.24) is 14.9 Å². The van der Waals surface area contributed by atoms with Crippen LogP contribution in [0.5, 0.6) is 0 Å². The number of aromatic nitrogens is 2. The van der Waals surface area contributed by atoms with E-state index in [-0.39, 0.29) is 24.9 Å². The molecule has 0 radical (unpaired) electrons. The first-order valence-corrected chi connectivity index (χ1v) is 8.84. The Bertz CT molecular complexity index is 806. The first kappa shape index (κ1) is 17.4. The van der Waals surface area contributed by atoms with E-state index >= 15 is 0 Å². The van der Waals surface area contributed by atoms with Crippen LogP contribution in [0.15, 0.2) is 18.2 Å². The summed E-state index contributed by atoms with van der Waals surface area (Å²) in [7, 11) is 0. The molecular weight excluding hydrogens is 341 g/mol. The number of likely N-dealkylation sites (tertiary alicyclic amines) is 1. The summed E-state index contributed by atoms with van der Waals surface area (Å²) in [5.41, 5.74) is 0.811. The van der Waals surface area contributed by atoms with Crippen molar-refractivity contribution in [3.8, 4) is 0 Å². The molecule has 2 aliphatic rings. The van der Waals surface area contributed by atoms with Gasteiger partial charge in [0.25, 0.3) is 0 Å². The molecule has 26 heavy (non-hydrogen) atoms. The van der Waals surface area contributed by atoms with Gasteiger partial charge in [-0.15, -0.1) is 0 Å². The summed E-state index contributed by atoms with van der Waals surface area (Å²) in [5, 5.41) is 19.9. The lowest BCUT2D eigenvalue weighted by atomic mass is 9.58. The molecule has 2 fully saturated rings. The van der Waals surface area contributed by atoms with Crippen LogP contribution in [0.3, 0.4) is 0 Å². The lowest BCUT2D eigenvalue weighted by molar-refractivity contribution is -0.192. The normalized spacial score (nSPS) is 24.8. The Morgan fingerprint density at radius 1 is 1.35 bits per heavy atom. The average Bonchev–Trinajstić information content (AvgIpc) is 3.03. The molecule has 140 valence electrons. The average molecular weight is 363 g/mol. The van der Waals surface area contributed by atoms with Gasteiger partial charge in [-0.1, -0.05) is 0 Å². The second kappa shape index (κ2) is 6.61. The molecule has 1 saturated carbocycles. The number of aromatic amines is 1. The Labute approximate surface area is 149 Å². The summed E-state index contributed by atoms with van der Waals surface area (Å²) < 4.78 is 18.6. The topological polar surface area (TPSA) is 98.7 Å². The number of rotatable bonds is 4. The van der Waals surface area contributed by atoms with Gasteiger partial charge in [-0.3, -0.25) is 4.79 Å². The Balaban J connectivity index is 1.26. The number of carbonyl (C=O) groups is 1. The summed E-state index contributed by atoms with van der Waals surface area (Å²) in [6, 6.07) is 4.29. The number of ether oxygens (including phenoxy) is 1. The third-order valence-corrected chi connectivity index (χ3v) is 5.78. The van der Waals surface area contributed by atoms with Gasteiger partial charge in [-0.25, -0.2) is 9.37 Å². The smallest absolute Gasteiger partial charge is 0.248 e. The van der Waals surface area contributed by atoms with E-state index in [9.17, 15) is 19.4 Å². The molecule has 2 heterocycles. The van der Waals surface area contributed by atoms with Crippen LogP contribution in [-0.4, -0.2) is 62.9 Å². The van der Waals surface area contributed by atoms with Crippen LogP contribution in [-0.2, 0) is 16.1 Å². The largest absolute Gasteiger partial charge is 0.392 e. The molecule has 8 heteroatoms. The van der Waals surface area contributed by atoms with Crippen molar-refractivity contribution in [2.75, 3.05) is 19.7 Å². The summed E-state index contributed by atoms with van der Waals surface area (Å²) in [6.07, 6.45) is 0.707. The molecule has 1 aromatic heterocycles. The van der Waals surface area contributed by atoms with Crippen molar-refractivity contribution in [2.24, 2.45) is 5.41 Å². The highest BCUT2D eigenvalue weighted by atomic mass is 19.1. The van der Waals surface area contributed by atoms with Gasteiger partial charge in [-0.05, 0) is 31.0 Å². The van der Waals surface area contributed by atoms with E-state index in [0.717, 1.165) is 0 Å². The quantitative estimate of drug-likeness (QED) is 0.751. The standard InChI is InChI=1S/C18H22FN3O4/c19-11-1-2-12-13(7-11)21-16(20-12)9-26-10-17(25)22-5-3-18(4-6-22)14(23)8-15(18)24/h1-2,7,14-15,23-24H,3-6,8-10H2,(H,20,21)/t14-,15+. The number of piperidine rings is 1. The van der Waals surface area contributed by atoms with E-state index in [4.69, 9.17) is 4.74 Å². The number of carbonyl (C=O) groups excluding carboxylic acids is 1. The highest BCUT2D eigenvalue weighted by Crippen LogP contribution is 2.49. The van der Waals surface area contributed by atoms with Crippen LogP contribution in [0.4, 0.5) is 4.39 Å². The maximum absolute atomic E-state index is 13.2. The Kier molecular flexibility index (Phi) is 4.42. The molecule has 0 unspecified atom stereocenters. The lowest BCUT2D eigenvalue weighted by Crippen LogP contribution is -2.62. The van der Waals surface area contributed by atoms with E-state index in [2.05, 4.69) is 9.97 Å². The SMILES string of the molecule is O=C(COCc1nc2ccc(F)cc2[nH]1)N1CCC2(CC1)[C@H](O)C[C@@H]2O. The van der Waals surface area contributed by atoms with Crippen molar-refractivity contribution in [2.45, 2.75) is 38.1 Å². The van der Waals surface area contributed by atoms with Crippen molar-refractivity contribution in [3.63, 3.8) is 0 Å². The van der Waals surface area contributed by atoms with E-state index in [0.29, 0.717) is 49.2 Å². The number of aliphatic hydroxyl groups excluding tert-OH is 2. The third-order valence-electron chi connectivity index (χ3n) is 5.78. The van der Waals surface area contributed by atoms with Crippen molar-refractivity contribution >= 4 is 16.9 Å². The van der Waals surface area contributed by atoms with Crippen LogP contribution in [0.1, 0.15) is 25.1 Å². The zero-order chi connectivity index (χ0) is 18.3. The predicted molar refractivity (Wildman–Crippen MR) is 90.6 cm³/mol. The molecule has 4 rings (SSSR count). The van der Waals surface area contributed by atoms with Gasteiger partial charge in [0.1, 0.15) is 24.9 Å². The van der Waals surface area contributed by atoms with Gasteiger partial charge in [0.15, 0.2) is 0 Å².